The number of nitrogens with one attached hydrogen (secondary N) is 2. The number of allylic oxidation sites excluding steroid dienone is 4. The van der Waals surface area contributed by atoms with E-state index in [-0.39, 0.29) is 41.3 Å². The van der Waals surface area contributed by atoms with Crippen LogP contribution in [0.3, 0.4) is 0 Å². The van der Waals surface area contributed by atoms with Gasteiger partial charge in [-0.25, -0.2) is 9.18 Å². The van der Waals surface area contributed by atoms with Crippen molar-refractivity contribution >= 4 is 35.3 Å². The van der Waals surface area contributed by atoms with Gasteiger partial charge in [-0.05, 0) is 84.3 Å². The number of ether oxygens (including phenoxy) is 3. The van der Waals surface area contributed by atoms with Gasteiger partial charge >= 0.3 is 6.09 Å². The van der Waals surface area contributed by atoms with E-state index in [4.69, 9.17) is 14.2 Å². The normalized spacial score (nSPS) is 40.7. The second kappa shape index (κ2) is 13.0. The van der Waals surface area contributed by atoms with Crippen molar-refractivity contribution in [2.24, 2.45) is 28.6 Å². The Morgan fingerprint density at radius 3 is 2.53 bits per heavy atom. The summed E-state index contributed by atoms with van der Waals surface area (Å²) in [5.41, 5.74) is -5.56. The fraction of sp³-hybridized carbons (Fsp3) is 0.784. The molecule has 0 bridgehead atoms. The predicted octanol–water partition coefficient (Wildman–Crippen LogP) is 4.97. The van der Waals surface area contributed by atoms with E-state index in [9.17, 15) is 24.3 Å². The minimum Gasteiger partial charge on any atom is -0.444 e. The van der Waals surface area contributed by atoms with Gasteiger partial charge in [0.15, 0.2) is 29.1 Å². The van der Waals surface area contributed by atoms with Crippen LogP contribution in [0.4, 0.5) is 9.18 Å². The Labute approximate surface area is 293 Å². The maximum Gasteiger partial charge on any atom is 0.408 e. The van der Waals surface area contributed by atoms with Crippen molar-refractivity contribution in [1.29, 1.82) is 0 Å². The maximum atomic E-state index is 17.8. The van der Waals surface area contributed by atoms with Crippen LogP contribution in [0.25, 0.3) is 0 Å². The zero-order valence-corrected chi connectivity index (χ0v) is 30.5. The molecule has 6 aliphatic rings. The third-order valence-corrected chi connectivity index (χ3v) is 13.7. The van der Waals surface area contributed by atoms with Gasteiger partial charge in [0, 0.05) is 35.5 Å². The second-order valence-corrected chi connectivity index (χ2v) is 17.5. The third kappa shape index (κ3) is 5.90. The fourth-order valence-corrected chi connectivity index (χ4v) is 11.3. The van der Waals surface area contributed by atoms with Gasteiger partial charge in [0.2, 0.25) is 5.91 Å². The number of likely N-dealkylation sites (N-methyl/N-ethyl adjacent to an activating group) is 1. The van der Waals surface area contributed by atoms with E-state index in [1.54, 1.807) is 33.8 Å². The summed E-state index contributed by atoms with van der Waals surface area (Å²) in [5, 5.41) is 17.1. The summed E-state index contributed by atoms with van der Waals surface area (Å²) in [4.78, 5) is 52.3. The van der Waals surface area contributed by atoms with Crippen LogP contribution in [-0.4, -0.2) is 88.6 Å². The minimum absolute atomic E-state index is 0.00401. The number of fused-ring (bicyclic) bond motifs is 7. The quantitative estimate of drug-likeness (QED) is 0.320. The summed E-state index contributed by atoms with van der Waals surface area (Å²) in [6.07, 6.45) is 7.82. The van der Waals surface area contributed by atoms with E-state index in [2.05, 4.69) is 10.6 Å². The summed E-state index contributed by atoms with van der Waals surface area (Å²) in [7, 11) is 1.48. The molecule has 10 nitrogen and oxygen atoms in total. The lowest BCUT2D eigenvalue weighted by atomic mass is 9.44. The number of carbonyl (C=O) groups is 4. The molecule has 12 heteroatoms. The summed E-state index contributed by atoms with van der Waals surface area (Å²) >= 11 is 1.21. The highest BCUT2D eigenvalue weighted by Crippen LogP contribution is 2.72. The Morgan fingerprint density at radius 1 is 1.14 bits per heavy atom. The molecule has 1 unspecified atom stereocenters. The Hall–Kier alpha value is -2.28. The number of alkyl carbamates (subject to hydrolysis) is 1. The predicted molar refractivity (Wildman–Crippen MR) is 182 cm³/mol. The number of aliphatic hydroxyl groups is 1. The van der Waals surface area contributed by atoms with Crippen molar-refractivity contribution in [3.8, 4) is 0 Å². The average Bonchev–Trinajstić information content (AvgIpc) is 3.54. The number of Topliss-reactive ketones (excluding diaryl/α,β-unsaturated/α-hetero) is 1. The molecule has 0 aromatic rings. The van der Waals surface area contributed by atoms with Crippen molar-refractivity contribution in [3.05, 3.63) is 23.8 Å². The monoisotopic (exact) mass is 704 g/mol. The molecule has 10 atom stereocenters. The molecule has 5 fully saturated rings. The van der Waals surface area contributed by atoms with Crippen LogP contribution in [0.2, 0.25) is 0 Å². The lowest BCUT2D eigenvalue weighted by molar-refractivity contribution is -0.234. The van der Waals surface area contributed by atoms with E-state index in [0.717, 1.165) is 32.1 Å². The molecule has 272 valence electrons. The number of ketones is 2. The van der Waals surface area contributed by atoms with Crippen LogP contribution in [0.5, 0.6) is 0 Å². The molecule has 49 heavy (non-hydrogen) atoms. The summed E-state index contributed by atoms with van der Waals surface area (Å²) in [6.45, 7) is 8.95. The van der Waals surface area contributed by atoms with Crippen LogP contribution in [0.15, 0.2) is 23.8 Å². The largest absolute Gasteiger partial charge is 0.444 e. The van der Waals surface area contributed by atoms with E-state index in [0.29, 0.717) is 24.8 Å². The Balaban J connectivity index is 1.28. The van der Waals surface area contributed by atoms with E-state index < -0.39 is 70.2 Å². The van der Waals surface area contributed by atoms with Crippen LogP contribution < -0.4 is 10.6 Å². The zero-order valence-electron chi connectivity index (χ0n) is 29.6. The first kappa shape index (κ1) is 36.5. The second-order valence-electron chi connectivity index (χ2n) is 16.5. The number of carbonyl (C=O) groups excluding carboxylic acids is 4. The van der Waals surface area contributed by atoms with Crippen LogP contribution >= 0.6 is 11.8 Å². The van der Waals surface area contributed by atoms with Crippen LogP contribution in [0, 0.1) is 28.6 Å². The fourth-order valence-electron chi connectivity index (χ4n) is 10.3. The number of hydrogen-bond acceptors (Lipinski definition) is 9. The first-order chi connectivity index (χ1) is 23.0. The van der Waals surface area contributed by atoms with Gasteiger partial charge in [-0.1, -0.05) is 37.8 Å². The van der Waals surface area contributed by atoms with Crippen molar-refractivity contribution < 1.29 is 42.9 Å². The number of hydrogen-bond donors (Lipinski definition) is 3. The Morgan fingerprint density at radius 2 is 1.86 bits per heavy atom. The van der Waals surface area contributed by atoms with Crippen LogP contribution in [0.1, 0.15) is 92.4 Å². The lowest BCUT2D eigenvalue weighted by Gasteiger charge is -2.62. The molecule has 0 aromatic heterocycles. The molecule has 1 saturated heterocycles. The molecule has 3 N–H and O–H groups in total. The van der Waals surface area contributed by atoms with E-state index in [1.807, 2.05) is 6.92 Å². The summed E-state index contributed by atoms with van der Waals surface area (Å²) in [6, 6.07) is -0.946. The summed E-state index contributed by atoms with van der Waals surface area (Å²) < 4.78 is 36.9. The first-order valence-electron chi connectivity index (χ1n) is 18.0. The van der Waals surface area contributed by atoms with E-state index >= 15 is 4.39 Å². The van der Waals surface area contributed by atoms with E-state index in [1.165, 1.54) is 31.0 Å². The van der Waals surface area contributed by atoms with Gasteiger partial charge in [0.25, 0.3) is 0 Å². The van der Waals surface area contributed by atoms with Crippen molar-refractivity contribution in [2.75, 3.05) is 18.6 Å². The average molecular weight is 705 g/mol. The summed E-state index contributed by atoms with van der Waals surface area (Å²) in [5.74, 6) is -1.46. The van der Waals surface area contributed by atoms with Gasteiger partial charge in [0.1, 0.15) is 11.6 Å². The molecule has 1 heterocycles. The topological polar surface area (TPSA) is 140 Å². The van der Waals surface area contributed by atoms with Crippen molar-refractivity contribution in [1.82, 2.24) is 10.6 Å². The zero-order chi connectivity index (χ0) is 35.6. The molecule has 2 amide bonds. The highest BCUT2D eigenvalue weighted by Gasteiger charge is 2.79. The molecule has 1 aliphatic heterocycles. The van der Waals surface area contributed by atoms with Crippen molar-refractivity contribution in [2.45, 2.75) is 134 Å². The van der Waals surface area contributed by atoms with Crippen LogP contribution in [-0.2, 0) is 28.6 Å². The third-order valence-electron chi connectivity index (χ3n) is 12.6. The molecule has 0 radical (unpaired) electrons. The standard InChI is InChI=1S/C37H53FN2O8S/c1-33(2,3)48-32(45)40-26(30(44)39-6)19-49-20-28(43)37-29(46-31(47-37)21-10-8-7-9-11-21)17-25-24-13-12-22-16-23(41)14-15-34(22,4)36(24,38)27(42)18-35(25,37)5/h14-16,21,24-27,29,31,42H,7-13,17-20H2,1-6H3,(H,39,44)(H,40,45)/t24-,25-,26?,27-,29+,31+,34-,35-,36-,37+/m0/s1. The number of amides is 2. The van der Waals surface area contributed by atoms with Crippen molar-refractivity contribution in [3.63, 3.8) is 0 Å². The SMILES string of the molecule is CNC(=O)C(CSCC(=O)[C@@]12O[C@H](C3CCCCC3)O[C@@H]1C[C@H]1[C@@H]3CCC4=CC(=O)C=C[C@]4(C)[C@@]3(F)[C@@H](O)C[C@@]12C)NC(=O)OC(C)(C)C. The Bertz CT molecular complexity index is 1420. The lowest BCUT2D eigenvalue weighted by Crippen LogP contribution is -2.69. The number of halogens is 1. The molecular formula is C37H53FN2O8S. The van der Waals surface area contributed by atoms with Gasteiger partial charge in [-0.15, -0.1) is 0 Å². The number of rotatable bonds is 8. The number of alkyl halides is 1. The van der Waals surface area contributed by atoms with Gasteiger partial charge in [0.05, 0.1) is 18.0 Å². The van der Waals surface area contributed by atoms with Gasteiger partial charge < -0.3 is 30.0 Å². The molecule has 6 rings (SSSR count). The molecule has 5 aliphatic carbocycles. The number of thioether (sulfide) groups is 1. The van der Waals surface area contributed by atoms with Gasteiger partial charge in [-0.2, -0.15) is 11.8 Å². The Kier molecular flexibility index (Phi) is 9.72. The highest BCUT2D eigenvalue weighted by molar-refractivity contribution is 8.00. The number of aliphatic hydroxyl groups excluding tert-OH is 1. The molecule has 4 saturated carbocycles. The first-order valence-corrected chi connectivity index (χ1v) is 19.1. The maximum absolute atomic E-state index is 17.8. The molecule has 0 spiro atoms. The molecular weight excluding hydrogens is 651 g/mol. The van der Waals surface area contributed by atoms with Gasteiger partial charge in [-0.3, -0.25) is 14.4 Å². The molecule has 0 aromatic carbocycles. The highest BCUT2D eigenvalue weighted by atomic mass is 32.2. The minimum atomic E-state index is -2.03. The smallest absolute Gasteiger partial charge is 0.408 e.